The summed E-state index contributed by atoms with van der Waals surface area (Å²) in [5.74, 6) is 0.342. The predicted octanol–water partition coefficient (Wildman–Crippen LogP) is 0.634. The van der Waals surface area contributed by atoms with E-state index >= 15 is 0 Å². The molecule has 1 aromatic rings. The summed E-state index contributed by atoms with van der Waals surface area (Å²) in [6.45, 7) is 0. The Morgan fingerprint density at radius 3 is 1.80 bits per heavy atom. The van der Waals surface area contributed by atoms with Crippen molar-refractivity contribution in [2.45, 2.75) is 4.90 Å². The predicted molar refractivity (Wildman–Crippen MR) is 57.9 cm³/mol. The molecule has 0 bridgehead atoms. The van der Waals surface area contributed by atoms with Crippen LogP contribution in [0.2, 0.25) is 0 Å². The van der Waals surface area contributed by atoms with E-state index < -0.39 is 10.4 Å². The lowest BCUT2D eigenvalue weighted by molar-refractivity contribution is 0.366. The van der Waals surface area contributed by atoms with Crippen LogP contribution >= 0.6 is 0 Å². The van der Waals surface area contributed by atoms with Gasteiger partial charge >= 0.3 is 0 Å². The third-order valence-electron chi connectivity index (χ3n) is 1.31. The quantitative estimate of drug-likeness (QED) is 0.434. The second-order valence-corrected chi connectivity index (χ2v) is 5.70. The van der Waals surface area contributed by atoms with E-state index in [0.717, 1.165) is 0 Å². The zero-order valence-corrected chi connectivity index (χ0v) is 9.88. The Morgan fingerprint density at radius 1 is 1.20 bits per heavy atom. The van der Waals surface area contributed by atoms with Gasteiger partial charge in [-0.05, 0) is 24.3 Å². The molecule has 0 unspecified atom stereocenters. The molecule has 0 aliphatic carbocycles. The Balaban J connectivity index is 0.000000336. The highest BCUT2D eigenvalue weighted by atomic mass is 32.3. The topological polar surface area (TPSA) is 97.7 Å². The van der Waals surface area contributed by atoms with Crippen molar-refractivity contribution >= 4 is 21.3 Å². The van der Waals surface area contributed by atoms with Gasteiger partial charge in [-0.25, -0.2) is 8.42 Å². The van der Waals surface area contributed by atoms with E-state index in [0.29, 0.717) is 16.6 Å². The molecule has 0 amide bonds. The SMILES string of the molecule is C[S+](C)c1ccc(O)cc1.O=S(=O)([O-])O. The molecule has 0 heterocycles. The normalized spacial score (nSPS) is 10.7. The van der Waals surface area contributed by atoms with Crippen molar-refractivity contribution in [3.05, 3.63) is 24.3 Å². The van der Waals surface area contributed by atoms with Crippen LogP contribution in [0.5, 0.6) is 5.75 Å². The largest absolute Gasteiger partial charge is 0.726 e. The summed E-state index contributed by atoms with van der Waals surface area (Å²) >= 11 is 0. The monoisotopic (exact) mass is 252 g/mol. The molecule has 0 fully saturated rings. The van der Waals surface area contributed by atoms with Crippen molar-refractivity contribution < 1.29 is 22.6 Å². The molecule has 1 aromatic carbocycles. The lowest BCUT2D eigenvalue weighted by Gasteiger charge is -1.94. The zero-order chi connectivity index (χ0) is 12.1. The number of phenolic OH excluding ortho intramolecular Hbond substituents is 1. The van der Waals surface area contributed by atoms with Crippen molar-refractivity contribution in [1.29, 1.82) is 0 Å². The van der Waals surface area contributed by atoms with Crippen LogP contribution in [0.15, 0.2) is 29.2 Å². The van der Waals surface area contributed by atoms with E-state index in [1.807, 2.05) is 12.1 Å². The van der Waals surface area contributed by atoms with Crippen LogP contribution in [0.4, 0.5) is 0 Å². The van der Waals surface area contributed by atoms with Crippen LogP contribution in [0.3, 0.4) is 0 Å². The van der Waals surface area contributed by atoms with E-state index in [9.17, 15) is 0 Å². The molecule has 7 heteroatoms. The molecule has 1 rings (SSSR count). The number of hydrogen-bond donors (Lipinski definition) is 2. The smallest absolute Gasteiger partial charge is 0.215 e. The number of hydrogen-bond acceptors (Lipinski definition) is 4. The average Bonchev–Trinajstić information content (AvgIpc) is 2.01. The van der Waals surface area contributed by atoms with Crippen LogP contribution in [0, 0.1) is 0 Å². The summed E-state index contributed by atoms with van der Waals surface area (Å²) in [7, 11) is -4.62. The van der Waals surface area contributed by atoms with E-state index in [4.69, 9.17) is 22.6 Å². The van der Waals surface area contributed by atoms with E-state index in [-0.39, 0.29) is 0 Å². The van der Waals surface area contributed by atoms with Crippen molar-refractivity contribution in [2.75, 3.05) is 12.5 Å². The standard InChI is InChI=1S/C8H10OS.H2O4S/c1-10(2)8-5-3-7(9)4-6-8;1-5(2,3)4/h3-6H,1-2H3;(H2,1,2,3,4). The van der Waals surface area contributed by atoms with Gasteiger partial charge in [-0.1, -0.05) is 0 Å². The molecule has 0 saturated carbocycles. The number of rotatable bonds is 1. The second kappa shape index (κ2) is 5.96. The molecule has 0 radical (unpaired) electrons. The summed E-state index contributed by atoms with van der Waals surface area (Å²) < 4.78 is 32.8. The first-order chi connectivity index (χ1) is 6.70. The molecule has 2 N–H and O–H groups in total. The summed E-state index contributed by atoms with van der Waals surface area (Å²) in [6.07, 6.45) is 4.32. The fourth-order valence-corrected chi connectivity index (χ4v) is 1.40. The fourth-order valence-electron chi connectivity index (χ4n) is 0.718. The first-order valence-corrected chi connectivity index (χ1v) is 7.15. The summed E-state index contributed by atoms with van der Waals surface area (Å²) in [5.41, 5.74) is 0. The van der Waals surface area contributed by atoms with E-state index in [2.05, 4.69) is 12.5 Å². The third-order valence-corrected chi connectivity index (χ3v) is 2.52. The van der Waals surface area contributed by atoms with Crippen LogP contribution in [-0.2, 0) is 21.3 Å². The van der Waals surface area contributed by atoms with Crippen molar-refractivity contribution in [2.24, 2.45) is 0 Å². The Bertz CT molecular complexity index is 374. The van der Waals surface area contributed by atoms with Gasteiger partial charge in [0, 0.05) is 10.9 Å². The minimum atomic E-state index is -4.92. The maximum atomic E-state index is 8.94. The van der Waals surface area contributed by atoms with E-state index in [1.165, 1.54) is 4.90 Å². The van der Waals surface area contributed by atoms with Gasteiger partial charge in [-0.15, -0.1) is 0 Å². The van der Waals surface area contributed by atoms with Gasteiger partial charge in [-0.2, -0.15) is 0 Å². The second-order valence-electron chi connectivity index (χ2n) is 2.74. The molecular weight excluding hydrogens is 240 g/mol. The molecule has 0 spiro atoms. The van der Waals surface area contributed by atoms with Crippen molar-refractivity contribution in [3.63, 3.8) is 0 Å². The molecule has 86 valence electrons. The Kier molecular flexibility index (Phi) is 5.66. The Morgan fingerprint density at radius 2 is 1.53 bits per heavy atom. The van der Waals surface area contributed by atoms with Gasteiger partial charge in [0.2, 0.25) is 10.4 Å². The van der Waals surface area contributed by atoms with Crippen LogP contribution in [0.1, 0.15) is 0 Å². The molecule has 15 heavy (non-hydrogen) atoms. The van der Waals surface area contributed by atoms with Gasteiger partial charge < -0.3 is 9.66 Å². The van der Waals surface area contributed by atoms with Crippen LogP contribution in [0.25, 0.3) is 0 Å². The number of aromatic hydroxyl groups is 1. The highest BCUT2D eigenvalue weighted by Crippen LogP contribution is 2.13. The van der Waals surface area contributed by atoms with Crippen LogP contribution in [-0.4, -0.2) is 35.1 Å². The third kappa shape index (κ3) is 9.54. The van der Waals surface area contributed by atoms with Gasteiger partial charge in [0.1, 0.15) is 18.3 Å². The van der Waals surface area contributed by atoms with Gasteiger partial charge in [0.05, 0.1) is 0 Å². The molecule has 0 atom stereocenters. The molecule has 0 aromatic heterocycles. The summed E-state index contributed by atoms with van der Waals surface area (Å²) in [6, 6.07) is 7.36. The van der Waals surface area contributed by atoms with Gasteiger partial charge in [0.15, 0.2) is 4.90 Å². The highest BCUT2D eigenvalue weighted by Gasteiger charge is 2.05. The summed E-state index contributed by atoms with van der Waals surface area (Å²) in [5, 5.41) is 8.94. The zero-order valence-electron chi connectivity index (χ0n) is 8.25. The lowest BCUT2D eigenvalue weighted by Crippen LogP contribution is -1.93. The van der Waals surface area contributed by atoms with Gasteiger partial charge in [0.25, 0.3) is 0 Å². The number of phenols is 1. The van der Waals surface area contributed by atoms with Crippen molar-refractivity contribution in [3.8, 4) is 5.75 Å². The van der Waals surface area contributed by atoms with Crippen LogP contribution < -0.4 is 0 Å². The molecule has 5 nitrogen and oxygen atoms in total. The average molecular weight is 252 g/mol. The molecular formula is C8H12O5S2. The maximum Gasteiger partial charge on any atom is 0.215 e. The fraction of sp³-hybridized carbons (Fsp3) is 0.250. The number of benzene rings is 1. The minimum absolute atomic E-state index is 0.302. The molecule has 0 aliphatic rings. The molecule has 0 aliphatic heterocycles. The minimum Gasteiger partial charge on any atom is -0.726 e. The van der Waals surface area contributed by atoms with Crippen molar-refractivity contribution in [1.82, 2.24) is 0 Å². The molecule has 0 saturated heterocycles. The first kappa shape index (κ1) is 14.2. The van der Waals surface area contributed by atoms with Gasteiger partial charge in [-0.3, -0.25) is 4.55 Å². The Hall–Kier alpha value is -0.760. The summed E-state index contributed by atoms with van der Waals surface area (Å²) in [4.78, 5) is 1.29. The lowest BCUT2D eigenvalue weighted by atomic mass is 10.3. The maximum absolute atomic E-state index is 8.94. The first-order valence-electron chi connectivity index (χ1n) is 3.75. The Labute approximate surface area is 91.7 Å². The van der Waals surface area contributed by atoms with E-state index in [1.54, 1.807) is 12.1 Å². The highest BCUT2D eigenvalue weighted by molar-refractivity contribution is 7.95.